The number of rotatable bonds is 9. The van der Waals surface area contributed by atoms with E-state index in [2.05, 4.69) is 15.3 Å². The van der Waals surface area contributed by atoms with Crippen molar-refractivity contribution in [1.82, 2.24) is 20.2 Å². The van der Waals surface area contributed by atoms with Gasteiger partial charge >= 0.3 is 0 Å². The minimum Gasteiger partial charge on any atom is -0.385 e. The maximum Gasteiger partial charge on any atom is 0.268 e. The molecule has 0 atom stereocenters. The lowest BCUT2D eigenvalue weighted by molar-refractivity contribution is -0.122. The van der Waals surface area contributed by atoms with Crippen molar-refractivity contribution in [3.8, 4) is 10.4 Å². The van der Waals surface area contributed by atoms with Gasteiger partial charge in [0.2, 0.25) is 5.91 Å². The van der Waals surface area contributed by atoms with Gasteiger partial charge in [-0.05, 0) is 37.2 Å². The number of halogens is 1. The molecule has 29 heavy (non-hydrogen) atoms. The molecular weight excluding hydrogens is 395 g/mol. The first-order valence-corrected chi connectivity index (χ1v) is 10.0. The van der Waals surface area contributed by atoms with Crippen molar-refractivity contribution in [1.29, 1.82) is 0 Å². The molecule has 154 valence electrons. The van der Waals surface area contributed by atoms with Crippen LogP contribution in [0, 0.1) is 5.82 Å². The number of H-pyrrole nitrogens is 1. The molecule has 0 saturated heterocycles. The van der Waals surface area contributed by atoms with Gasteiger partial charge in [-0.25, -0.2) is 9.37 Å². The maximum atomic E-state index is 13.1. The first-order chi connectivity index (χ1) is 14.0. The Morgan fingerprint density at radius 2 is 2.10 bits per heavy atom. The summed E-state index contributed by atoms with van der Waals surface area (Å²) in [5.74, 6) is 0.0840. The summed E-state index contributed by atoms with van der Waals surface area (Å²) in [6.07, 6.45) is 0.756. The SMILES string of the molecule is COCCCNC(=O)CN(C)Cc1nc2cc(-c3ccc(F)cc3)sc2c(=O)[nH]1. The number of likely N-dealkylation sites (N-methyl/N-ethyl adjacent to an activating group) is 1. The van der Waals surface area contributed by atoms with Gasteiger partial charge in [-0.2, -0.15) is 0 Å². The number of hydrogen-bond acceptors (Lipinski definition) is 6. The molecule has 0 aliphatic carbocycles. The number of nitrogens with zero attached hydrogens (tertiary/aromatic N) is 2. The standard InChI is InChI=1S/C20H23FN4O3S/c1-25(12-18(26)22-8-3-9-28-2)11-17-23-15-10-16(29-19(15)20(27)24-17)13-4-6-14(21)7-5-13/h4-7,10H,3,8-9,11-12H2,1-2H3,(H,22,26)(H,23,24,27). The Labute approximate surface area is 171 Å². The normalized spacial score (nSPS) is 11.3. The van der Waals surface area contributed by atoms with Gasteiger partial charge in [0.15, 0.2) is 0 Å². The van der Waals surface area contributed by atoms with Gasteiger partial charge in [0.25, 0.3) is 5.56 Å². The van der Waals surface area contributed by atoms with Gasteiger partial charge < -0.3 is 15.0 Å². The first-order valence-electron chi connectivity index (χ1n) is 9.19. The third-order valence-electron chi connectivity index (χ3n) is 4.24. The molecule has 0 aliphatic heterocycles. The molecule has 3 rings (SSSR count). The van der Waals surface area contributed by atoms with Gasteiger partial charge in [0.05, 0.1) is 18.6 Å². The van der Waals surface area contributed by atoms with Crippen molar-refractivity contribution in [2.24, 2.45) is 0 Å². The lowest BCUT2D eigenvalue weighted by atomic mass is 10.2. The second kappa shape index (κ2) is 9.73. The van der Waals surface area contributed by atoms with Crippen molar-refractivity contribution in [3.05, 3.63) is 52.3 Å². The lowest BCUT2D eigenvalue weighted by Gasteiger charge is -2.15. The van der Waals surface area contributed by atoms with E-state index in [0.717, 1.165) is 16.9 Å². The van der Waals surface area contributed by atoms with Gasteiger partial charge in [0, 0.05) is 25.1 Å². The highest BCUT2D eigenvalue weighted by Crippen LogP contribution is 2.30. The van der Waals surface area contributed by atoms with Gasteiger partial charge in [-0.1, -0.05) is 12.1 Å². The van der Waals surface area contributed by atoms with E-state index in [-0.39, 0.29) is 23.8 Å². The Balaban J connectivity index is 1.68. The van der Waals surface area contributed by atoms with E-state index in [9.17, 15) is 14.0 Å². The Hall–Kier alpha value is -2.62. The molecule has 0 fully saturated rings. The zero-order valence-electron chi connectivity index (χ0n) is 16.3. The van der Waals surface area contributed by atoms with Crippen molar-refractivity contribution >= 4 is 27.5 Å². The van der Waals surface area contributed by atoms with E-state index in [4.69, 9.17) is 4.74 Å². The van der Waals surface area contributed by atoms with Crippen LogP contribution in [0.1, 0.15) is 12.2 Å². The van der Waals surface area contributed by atoms with Crippen LogP contribution in [0.15, 0.2) is 35.1 Å². The average Bonchev–Trinajstić information content (AvgIpc) is 3.10. The van der Waals surface area contributed by atoms with Crippen molar-refractivity contribution in [3.63, 3.8) is 0 Å². The van der Waals surface area contributed by atoms with E-state index in [1.165, 1.54) is 23.5 Å². The summed E-state index contributed by atoms with van der Waals surface area (Å²) in [5, 5.41) is 2.82. The highest BCUT2D eigenvalue weighted by atomic mass is 32.1. The van der Waals surface area contributed by atoms with Crippen LogP contribution in [-0.2, 0) is 16.1 Å². The molecule has 0 aliphatic rings. The average molecular weight is 418 g/mol. The Morgan fingerprint density at radius 1 is 1.34 bits per heavy atom. The highest BCUT2D eigenvalue weighted by molar-refractivity contribution is 7.22. The number of carbonyl (C=O) groups is 1. The van der Waals surface area contributed by atoms with Gasteiger partial charge in [-0.15, -0.1) is 11.3 Å². The number of nitrogens with one attached hydrogen (secondary N) is 2. The number of fused-ring (bicyclic) bond motifs is 1. The smallest absolute Gasteiger partial charge is 0.268 e. The molecule has 0 bridgehead atoms. The molecule has 0 spiro atoms. The molecule has 3 aromatic rings. The lowest BCUT2D eigenvalue weighted by Crippen LogP contribution is -2.36. The number of methoxy groups -OCH3 is 1. The summed E-state index contributed by atoms with van der Waals surface area (Å²) in [6.45, 7) is 1.68. The summed E-state index contributed by atoms with van der Waals surface area (Å²) in [4.78, 5) is 34.3. The molecule has 2 aromatic heterocycles. The minimum absolute atomic E-state index is 0.0962. The molecule has 2 N–H and O–H groups in total. The number of amides is 1. The summed E-state index contributed by atoms with van der Waals surface area (Å²) in [6, 6.07) is 7.95. The summed E-state index contributed by atoms with van der Waals surface area (Å²) in [5.41, 5.74) is 1.20. The predicted octanol–water partition coefficient (Wildman–Crippen LogP) is 2.38. The van der Waals surface area contributed by atoms with E-state index in [1.807, 2.05) is 6.07 Å². The number of hydrogen-bond donors (Lipinski definition) is 2. The van der Waals surface area contributed by atoms with Crippen LogP contribution in [0.3, 0.4) is 0 Å². The van der Waals surface area contributed by atoms with Crippen LogP contribution < -0.4 is 10.9 Å². The van der Waals surface area contributed by atoms with E-state index < -0.39 is 0 Å². The second-order valence-electron chi connectivity index (χ2n) is 6.71. The van der Waals surface area contributed by atoms with Crippen LogP contribution >= 0.6 is 11.3 Å². The van der Waals surface area contributed by atoms with Gasteiger partial charge in [-0.3, -0.25) is 14.5 Å². The first kappa shape index (κ1) is 21.1. The molecule has 1 amide bonds. The Kier molecular flexibility index (Phi) is 7.08. The number of thiophene rings is 1. The predicted molar refractivity (Wildman–Crippen MR) is 111 cm³/mol. The minimum atomic E-state index is -0.307. The second-order valence-corrected chi connectivity index (χ2v) is 7.77. The molecule has 9 heteroatoms. The monoisotopic (exact) mass is 418 g/mol. The molecular formula is C20H23FN4O3S. The number of ether oxygens (including phenoxy) is 1. The third kappa shape index (κ3) is 5.69. The van der Waals surface area contributed by atoms with Gasteiger partial charge in [0.1, 0.15) is 16.3 Å². The van der Waals surface area contributed by atoms with E-state index >= 15 is 0 Å². The zero-order chi connectivity index (χ0) is 20.8. The molecule has 7 nitrogen and oxygen atoms in total. The topological polar surface area (TPSA) is 87.3 Å². The van der Waals surface area contributed by atoms with Crippen molar-refractivity contribution < 1.29 is 13.9 Å². The quantitative estimate of drug-likeness (QED) is 0.521. The van der Waals surface area contributed by atoms with Crippen LogP contribution in [0.25, 0.3) is 20.7 Å². The highest BCUT2D eigenvalue weighted by Gasteiger charge is 2.13. The third-order valence-corrected chi connectivity index (χ3v) is 5.41. The molecule has 0 saturated carbocycles. The van der Waals surface area contributed by atoms with Crippen molar-refractivity contribution in [2.45, 2.75) is 13.0 Å². The Bertz CT molecular complexity index is 1030. The zero-order valence-corrected chi connectivity index (χ0v) is 17.1. The summed E-state index contributed by atoms with van der Waals surface area (Å²) >= 11 is 1.32. The maximum absolute atomic E-state index is 13.1. The number of aromatic amines is 1. The van der Waals surface area contributed by atoms with Crippen LogP contribution in [0.5, 0.6) is 0 Å². The van der Waals surface area contributed by atoms with E-state index in [1.54, 1.807) is 31.2 Å². The largest absolute Gasteiger partial charge is 0.385 e. The molecule has 0 unspecified atom stereocenters. The fraction of sp³-hybridized carbons (Fsp3) is 0.350. The van der Waals surface area contributed by atoms with Crippen molar-refractivity contribution in [2.75, 3.05) is 33.9 Å². The molecule has 1 aromatic carbocycles. The summed E-state index contributed by atoms with van der Waals surface area (Å²) in [7, 11) is 3.41. The Morgan fingerprint density at radius 3 is 2.83 bits per heavy atom. The number of benzene rings is 1. The fourth-order valence-corrected chi connectivity index (χ4v) is 3.87. The number of carbonyl (C=O) groups excluding carboxylic acids is 1. The van der Waals surface area contributed by atoms with E-state index in [0.29, 0.717) is 35.7 Å². The number of aromatic nitrogens is 2. The summed E-state index contributed by atoms with van der Waals surface area (Å²) < 4.78 is 18.6. The van der Waals surface area contributed by atoms with Crippen LogP contribution in [0.4, 0.5) is 4.39 Å². The molecule has 2 heterocycles. The molecule has 0 radical (unpaired) electrons. The van der Waals surface area contributed by atoms with Crippen LogP contribution in [0.2, 0.25) is 0 Å². The van der Waals surface area contributed by atoms with Crippen LogP contribution in [-0.4, -0.2) is 54.6 Å². The fourth-order valence-electron chi connectivity index (χ4n) is 2.88.